The Labute approximate surface area is 238 Å². The monoisotopic (exact) mass is 576 g/mol. The summed E-state index contributed by atoms with van der Waals surface area (Å²) in [5.74, 6) is 0.799. The van der Waals surface area contributed by atoms with Gasteiger partial charge in [-0.1, -0.05) is 64.8 Å². The molecule has 0 amide bonds. The Bertz CT molecular complexity index is 1670. The highest BCUT2D eigenvalue weighted by Gasteiger charge is 2.33. The second kappa shape index (κ2) is 10.5. The Kier molecular flexibility index (Phi) is 6.89. The number of halogens is 2. The third-order valence-corrected chi connectivity index (χ3v) is 8.35. The molecule has 6 nitrogen and oxygen atoms in total. The maximum Gasteiger partial charge on any atom is 0.348 e. The van der Waals surface area contributed by atoms with E-state index in [9.17, 15) is 9.90 Å². The van der Waals surface area contributed by atoms with Crippen molar-refractivity contribution in [2.24, 2.45) is 0 Å². The summed E-state index contributed by atoms with van der Waals surface area (Å²) < 4.78 is 12.0. The van der Waals surface area contributed by atoms with Gasteiger partial charge in [0.25, 0.3) is 0 Å². The lowest BCUT2D eigenvalue weighted by molar-refractivity contribution is 0.0702. The maximum atomic E-state index is 11.9. The van der Waals surface area contributed by atoms with Crippen LogP contribution in [0, 0.1) is 6.92 Å². The number of hydrogen-bond acceptors (Lipinski definition) is 6. The quantitative estimate of drug-likeness (QED) is 0.198. The zero-order valence-electron chi connectivity index (χ0n) is 20.8. The van der Waals surface area contributed by atoms with Crippen LogP contribution in [0.2, 0.25) is 10.0 Å². The molecule has 0 radical (unpaired) electrons. The van der Waals surface area contributed by atoms with E-state index in [-0.39, 0.29) is 11.5 Å². The van der Waals surface area contributed by atoms with Gasteiger partial charge in [0, 0.05) is 22.6 Å². The number of aromatic carboxylic acids is 1. The summed E-state index contributed by atoms with van der Waals surface area (Å²) in [7, 11) is 0. The summed E-state index contributed by atoms with van der Waals surface area (Å²) in [6.45, 7) is 2.19. The van der Waals surface area contributed by atoms with Crippen LogP contribution in [0.5, 0.6) is 5.75 Å². The Morgan fingerprint density at radius 1 is 1.05 bits per heavy atom. The van der Waals surface area contributed by atoms with Crippen LogP contribution in [0.25, 0.3) is 33.1 Å². The molecule has 1 aliphatic rings. The first-order valence-electron chi connectivity index (χ1n) is 12.4. The predicted molar refractivity (Wildman–Crippen MR) is 153 cm³/mol. The molecule has 0 atom stereocenters. The zero-order chi connectivity index (χ0) is 27.1. The van der Waals surface area contributed by atoms with E-state index >= 15 is 0 Å². The van der Waals surface area contributed by atoms with Gasteiger partial charge in [-0.3, -0.25) is 0 Å². The third-order valence-electron chi connectivity index (χ3n) is 6.65. The molecule has 2 heterocycles. The number of carboxylic acid groups (broad SMARTS) is 1. The topological polar surface area (TPSA) is 85.5 Å². The van der Waals surface area contributed by atoms with Crippen molar-refractivity contribution < 1.29 is 19.2 Å². The maximum absolute atomic E-state index is 11.9. The van der Waals surface area contributed by atoms with E-state index in [4.69, 9.17) is 37.4 Å². The van der Waals surface area contributed by atoms with E-state index in [1.807, 2.05) is 55.5 Å². The molecule has 9 heteroatoms. The Hall–Kier alpha value is -3.65. The molecule has 1 saturated carbocycles. The van der Waals surface area contributed by atoms with Gasteiger partial charge in [-0.25, -0.2) is 9.78 Å². The summed E-state index contributed by atoms with van der Waals surface area (Å²) >= 11 is 14.1. The average Bonchev–Trinajstić information content (AvgIpc) is 3.53. The summed E-state index contributed by atoms with van der Waals surface area (Å²) in [4.78, 5) is 16.9. The van der Waals surface area contributed by atoms with Gasteiger partial charge in [-0.2, -0.15) is 0 Å². The molecule has 39 heavy (non-hydrogen) atoms. The van der Waals surface area contributed by atoms with Gasteiger partial charge in [0.15, 0.2) is 0 Å². The van der Waals surface area contributed by atoms with Crippen molar-refractivity contribution in [3.8, 4) is 38.8 Å². The molecule has 0 saturated heterocycles. The summed E-state index contributed by atoms with van der Waals surface area (Å²) in [6.07, 6.45) is 2.09. The van der Waals surface area contributed by atoms with Crippen LogP contribution in [0.3, 0.4) is 0 Å². The predicted octanol–water partition coefficient (Wildman–Crippen LogP) is 8.90. The molecule has 5 aromatic rings. The van der Waals surface area contributed by atoms with Gasteiger partial charge >= 0.3 is 5.97 Å². The minimum atomic E-state index is -0.996. The fraction of sp³-hybridized carbons (Fsp3) is 0.167. The van der Waals surface area contributed by atoms with Crippen LogP contribution in [0.4, 0.5) is 0 Å². The van der Waals surface area contributed by atoms with Crippen LogP contribution in [-0.2, 0) is 6.61 Å². The minimum absolute atomic E-state index is 0.210. The van der Waals surface area contributed by atoms with E-state index in [1.165, 1.54) is 0 Å². The lowest BCUT2D eigenvalue weighted by Crippen LogP contribution is -2.00. The number of carbonyl (C=O) groups is 1. The Balaban J connectivity index is 1.29. The Morgan fingerprint density at radius 3 is 2.46 bits per heavy atom. The summed E-state index contributed by atoms with van der Waals surface area (Å²) in [5.41, 5.74) is 5.07. The first-order chi connectivity index (χ1) is 18.9. The highest BCUT2D eigenvalue weighted by Crippen LogP contribution is 2.46. The van der Waals surface area contributed by atoms with Crippen molar-refractivity contribution >= 4 is 40.5 Å². The second-order valence-electron chi connectivity index (χ2n) is 9.38. The van der Waals surface area contributed by atoms with Crippen LogP contribution < -0.4 is 4.74 Å². The molecular weight excluding hydrogens is 555 g/mol. The van der Waals surface area contributed by atoms with Crippen LogP contribution in [0.15, 0.2) is 71.3 Å². The number of aromatic nitrogens is 2. The molecule has 196 valence electrons. The molecule has 1 fully saturated rings. The van der Waals surface area contributed by atoms with Crippen molar-refractivity contribution in [1.82, 2.24) is 10.1 Å². The fourth-order valence-corrected chi connectivity index (χ4v) is 6.13. The minimum Gasteiger partial charge on any atom is -0.489 e. The molecule has 2 aromatic heterocycles. The highest BCUT2D eigenvalue weighted by atomic mass is 35.5. The highest BCUT2D eigenvalue weighted by molar-refractivity contribution is 7.17. The molecule has 1 aliphatic carbocycles. The van der Waals surface area contributed by atoms with Gasteiger partial charge in [0.05, 0.1) is 21.3 Å². The third kappa shape index (κ3) is 5.05. The van der Waals surface area contributed by atoms with E-state index in [1.54, 1.807) is 18.2 Å². The van der Waals surface area contributed by atoms with Crippen molar-refractivity contribution in [3.63, 3.8) is 0 Å². The van der Waals surface area contributed by atoms with Crippen LogP contribution in [0.1, 0.15) is 45.3 Å². The molecule has 3 aromatic carbocycles. The van der Waals surface area contributed by atoms with E-state index < -0.39 is 5.97 Å². The van der Waals surface area contributed by atoms with Gasteiger partial charge in [-0.05, 0) is 55.7 Å². The fourth-order valence-electron chi connectivity index (χ4n) is 4.54. The smallest absolute Gasteiger partial charge is 0.348 e. The largest absolute Gasteiger partial charge is 0.489 e. The van der Waals surface area contributed by atoms with Gasteiger partial charge in [0.1, 0.15) is 33.7 Å². The number of aryl methyl sites for hydroxylation is 1. The number of thiazole rings is 1. The van der Waals surface area contributed by atoms with E-state index in [0.717, 1.165) is 52.2 Å². The summed E-state index contributed by atoms with van der Waals surface area (Å²) in [6, 6.07) is 20.4. The van der Waals surface area contributed by atoms with Crippen molar-refractivity contribution in [1.29, 1.82) is 0 Å². The summed E-state index contributed by atoms with van der Waals surface area (Å²) in [5, 5.41) is 15.7. The first kappa shape index (κ1) is 25.6. The molecule has 0 bridgehead atoms. The van der Waals surface area contributed by atoms with E-state index in [2.05, 4.69) is 5.16 Å². The molecule has 0 spiro atoms. The normalized spacial score (nSPS) is 13.0. The van der Waals surface area contributed by atoms with Gasteiger partial charge in [0.2, 0.25) is 0 Å². The molecule has 1 N–H and O–H groups in total. The van der Waals surface area contributed by atoms with Crippen LogP contribution >= 0.6 is 34.5 Å². The molecular formula is C30H22Cl2N2O4S. The van der Waals surface area contributed by atoms with E-state index in [0.29, 0.717) is 43.7 Å². The van der Waals surface area contributed by atoms with Crippen molar-refractivity contribution in [2.45, 2.75) is 32.3 Å². The lowest BCUT2D eigenvalue weighted by atomic mass is 10.0. The number of carboxylic acids is 1. The first-order valence-corrected chi connectivity index (χ1v) is 13.9. The van der Waals surface area contributed by atoms with Crippen LogP contribution in [-0.4, -0.2) is 21.2 Å². The molecule has 6 rings (SSSR count). The SMILES string of the molecule is Cc1cc(OCc2c(-c3c(Cl)cccc3Cl)noc2C2CC2)ccc1-c1nc(-c2ccccc2)c(C(=O)O)s1. The zero-order valence-corrected chi connectivity index (χ0v) is 23.1. The number of rotatable bonds is 8. The lowest BCUT2D eigenvalue weighted by Gasteiger charge is -2.11. The number of ether oxygens (including phenoxy) is 1. The van der Waals surface area contributed by atoms with Crippen molar-refractivity contribution in [2.75, 3.05) is 0 Å². The second-order valence-corrected chi connectivity index (χ2v) is 11.2. The number of hydrogen-bond donors (Lipinski definition) is 1. The van der Waals surface area contributed by atoms with Crippen molar-refractivity contribution in [3.05, 3.63) is 98.5 Å². The molecule has 0 aliphatic heterocycles. The number of nitrogens with zero attached hydrogens (tertiary/aromatic N) is 2. The standard InChI is InChI=1S/C30H22Cl2N2O4S/c1-16-14-19(12-13-20(16)29-33-25(28(39-29)30(35)36)17-6-3-2-4-7-17)37-15-21-26(34-38-27(21)18-10-11-18)24-22(31)8-5-9-23(24)32/h2-9,12-14,18H,10-11,15H2,1H3,(H,35,36). The number of benzene rings is 3. The van der Waals surface area contributed by atoms with Gasteiger partial charge < -0.3 is 14.4 Å². The average molecular weight is 577 g/mol. The molecule has 0 unspecified atom stereocenters. The Morgan fingerprint density at radius 2 is 1.79 bits per heavy atom. The van der Waals surface area contributed by atoms with Gasteiger partial charge in [-0.15, -0.1) is 11.3 Å².